The molecule has 0 aromatic carbocycles. The molecular weight excluding hydrogens is 168 g/mol. The number of rotatable bonds is 3. The molecule has 3 heteroatoms. The number of esters is 1. The predicted octanol–water partition coefficient (Wildman–Crippen LogP) is 1.86. The number of ether oxygens (including phenoxy) is 1. The molecule has 0 saturated heterocycles. The molecule has 74 valence electrons. The summed E-state index contributed by atoms with van der Waals surface area (Å²) in [6, 6.07) is 0. The molecule has 13 heavy (non-hydrogen) atoms. The van der Waals surface area contributed by atoms with Crippen LogP contribution in [0.5, 0.6) is 0 Å². The van der Waals surface area contributed by atoms with Crippen LogP contribution in [-0.2, 0) is 14.3 Å². The van der Waals surface area contributed by atoms with Gasteiger partial charge in [0.15, 0.2) is 5.78 Å². The van der Waals surface area contributed by atoms with Crippen LogP contribution in [0, 0.1) is 0 Å². The molecule has 0 amide bonds. The van der Waals surface area contributed by atoms with Crippen LogP contribution in [-0.4, -0.2) is 17.4 Å². The van der Waals surface area contributed by atoms with Gasteiger partial charge in [-0.1, -0.05) is 13.5 Å². The van der Waals surface area contributed by atoms with Crippen molar-refractivity contribution < 1.29 is 14.3 Å². The highest BCUT2D eigenvalue weighted by atomic mass is 16.6. The third-order valence-corrected chi connectivity index (χ3v) is 1.30. The summed E-state index contributed by atoms with van der Waals surface area (Å²) in [5, 5.41) is 0. The third kappa shape index (κ3) is 4.45. The molecule has 0 radical (unpaired) electrons. The van der Waals surface area contributed by atoms with Crippen LogP contribution in [0.1, 0.15) is 34.1 Å². The van der Waals surface area contributed by atoms with Crippen LogP contribution in [0.15, 0.2) is 12.2 Å². The van der Waals surface area contributed by atoms with Crippen molar-refractivity contribution in [1.29, 1.82) is 0 Å². The Hall–Kier alpha value is -1.12. The zero-order chi connectivity index (χ0) is 10.6. The Kier molecular flexibility index (Phi) is 3.85. The molecule has 0 aliphatic heterocycles. The highest BCUT2D eigenvalue weighted by molar-refractivity contribution is 6.16. The lowest BCUT2D eigenvalue weighted by atomic mass is 10.1. The molecule has 3 nitrogen and oxygen atoms in total. The van der Waals surface area contributed by atoms with Crippen LogP contribution >= 0.6 is 0 Å². The minimum absolute atomic E-state index is 0.0718. The number of hydrogen-bond donors (Lipinski definition) is 0. The van der Waals surface area contributed by atoms with Gasteiger partial charge >= 0.3 is 5.97 Å². The van der Waals surface area contributed by atoms with Crippen molar-refractivity contribution in [2.75, 3.05) is 0 Å². The van der Waals surface area contributed by atoms with E-state index in [0.717, 1.165) is 0 Å². The zero-order valence-electron chi connectivity index (χ0n) is 8.64. The Bertz CT molecular complexity index is 233. The van der Waals surface area contributed by atoms with E-state index in [1.807, 2.05) is 0 Å². The van der Waals surface area contributed by atoms with Gasteiger partial charge in [-0.05, 0) is 20.8 Å². The summed E-state index contributed by atoms with van der Waals surface area (Å²) in [6.45, 7) is 10.3. The van der Waals surface area contributed by atoms with Crippen molar-refractivity contribution in [3.63, 3.8) is 0 Å². The van der Waals surface area contributed by atoms with Crippen molar-refractivity contribution in [3.8, 4) is 0 Å². The summed E-state index contributed by atoms with van der Waals surface area (Å²) in [4.78, 5) is 22.3. The van der Waals surface area contributed by atoms with Gasteiger partial charge in [-0.15, -0.1) is 0 Å². The standard InChI is InChI=1S/C10H16O3/c1-6-8(11)7(2)9(12)13-10(3,4)5/h2,6H2,1,3-5H3. The van der Waals surface area contributed by atoms with Crippen molar-refractivity contribution in [2.45, 2.75) is 39.7 Å². The first-order valence-electron chi connectivity index (χ1n) is 4.23. The number of carbonyl (C=O) groups is 2. The molecular formula is C10H16O3. The van der Waals surface area contributed by atoms with E-state index in [1.54, 1.807) is 27.7 Å². The maximum Gasteiger partial charge on any atom is 0.341 e. The van der Waals surface area contributed by atoms with Crippen molar-refractivity contribution >= 4 is 11.8 Å². The molecule has 0 N–H and O–H groups in total. The highest BCUT2D eigenvalue weighted by Crippen LogP contribution is 2.11. The Balaban J connectivity index is 4.30. The average molecular weight is 184 g/mol. The second-order valence-corrected chi connectivity index (χ2v) is 3.76. The second-order valence-electron chi connectivity index (χ2n) is 3.76. The lowest BCUT2D eigenvalue weighted by Crippen LogP contribution is -2.26. The summed E-state index contributed by atoms with van der Waals surface area (Å²) < 4.78 is 4.96. The largest absolute Gasteiger partial charge is 0.456 e. The lowest BCUT2D eigenvalue weighted by molar-refractivity contribution is -0.150. The predicted molar refractivity (Wildman–Crippen MR) is 50.3 cm³/mol. The quantitative estimate of drug-likeness (QED) is 0.291. The fourth-order valence-electron chi connectivity index (χ4n) is 0.667. The van der Waals surface area contributed by atoms with Gasteiger partial charge < -0.3 is 4.74 Å². The highest BCUT2D eigenvalue weighted by Gasteiger charge is 2.21. The number of Topliss-reactive ketones (excluding diaryl/α,β-unsaturated/α-hetero) is 1. The first-order valence-corrected chi connectivity index (χ1v) is 4.23. The summed E-state index contributed by atoms with van der Waals surface area (Å²) in [5.41, 5.74) is -0.647. The summed E-state index contributed by atoms with van der Waals surface area (Å²) >= 11 is 0. The van der Waals surface area contributed by atoms with Gasteiger partial charge in [-0.2, -0.15) is 0 Å². The molecule has 0 aromatic heterocycles. The maximum atomic E-state index is 11.2. The van der Waals surface area contributed by atoms with E-state index in [4.69, 9.17) is 4.74 Å². The van der Waals surface area contributed by atoms with Crippen LogP contribution in [0.3, 0.4) is 0 Å². The van der Waals surface area contributed by atoms with Gasteiger partial charge in [0.05, 0.1) is 5.57 Å². The smallest absolute Gasteiger partial charge is 0.341 e. The fraction of sp³-hybridized carbons (Fsp3) is 0.600. The van der Waals surface area contributed by atoms with E-state index in [1.165, 1.54) is 0 Å². The van der Waals surface area contributed by atoms with Crippen LogP contribution < -0.4 is 0 Å². The van der Waals surface area contributed by atoms with Crippen LogP contribution in [0.4, 0.5) is 0 Å². The summed E-state index contributed by atoms with van der Waals surface area (Å²) in [7, 11) is 0. The maximum absolute atomic E-state index is 11.2. The van der Waals surface area contributed by atoms with E-state index < -0.39 is 11.6 Å². The van der Waals surface area contributed by atoms with E-state index in [0.29, 0.717) is 0 Å². The van der Waals surface area contributed by atoms with E-state index in [9.17, 15) is 9.59 Å². The number of ketones is 1. The van der Waals surface area contributed by atoms with Gasteiger partial charge in [0, 0.05) is 6.42 Å². The van der Waals surface area contributed by atoms with Gasteiger partial charge in [0.1, 0.15) is 5.60 Å². The minimum Gasteiger partial charge on any atom is -0.456 e. The summed E-state index contributed by atoms with van der Waals surface area (Å²) in [6.07, 6.45) is 0.276. The molecule has 0 aromatic rings. The Morgan fingerprint density at radius 3 is 2.08 bits per heavy atom. The van der Waals surface area contributed by atoms with Crippen molar-refractivity contribution in [3.05, 3.63) is 12.2 Å². The molecule has 0 unspecified atom stereocenters. The molecule has 0 fully saturated rings. The normalized spacial score (nSPS) is 10.8. The van der Waals surface area contributed by atoms with Gasteiger partial charge in [0.25, 0.3) is 0 Å². The fourth-order valence-corrected chi connectivity index (χ4v) is 0.667. The van der Waals surface area contributed by atoms with Gasteiger partial charge in [0.2, 0.25) is 0 Å². The topological polar surface area (TPSA) is 43.4 Å². The average Bonchev–Trinajstić information content (AvgIpc) is 1.98. The first kappa shape index (κ1) is 11.9. The van der Waals surface area contributed by atoms with E-state index in [-0.39, 0.29) is 17.8 Å². The molecule has 0 heterocycles. The van der Waals surface area contributed by atoms with Crippen LogP contribution in [0.25, 0.3) is 0 Å². The third-order valence-electron chi connectivity index (χ3n) is 1.30. The lowest BCUT2D eigenvalue weighted by Gasteiger charge is -2.19. The monoisotopic (exact) mass is 184 g/mol. The van der Waals surface area contributed by atoms with Gasteiger partial charge in [-0.25, -0.2) is 4.79 Å². The Morgan fingerprint density at radius 2 is 1.77 bits per heavy atom. The SMILES string of the molecule is C=C(C(=O)CC)C(=O)OC(C)(C)C. The van der Waals surface area contributed by atoms with Gasteiger partial charge in [-0.3, -0.25) is 4.79 Å². The van der Waals surface area contributed by atoms with E-state index >= 15 is 0 Å². The Morgan fingerprint density at radius 1 is 1.31 bits per heavy atom. The zero-order valence-corrected chi connectivity index (χ0v) is 8.64. The molecule has 0 atom stereocenters. The second kappa shape index (κ2) is 4.21. The number of hydrogen-bond acceptors (Lipinski definition) is 3. The molecule has 0 saturated carbocycles. The molecule has 0 bridgehead atoms. The summed E-state index contributed by atoms with van der Waals surface area (Å²) in [5.74, 6) is -0.895. The first-order chi connectivity index (χ1) is 5.78. The minimum atomic E-state index is -0.626. The molecule has 0 spiro atoms. The van der Waals surface area contributed by atoms with Crippen LogP contribution in [0.2, 0.25) is 0 Å². The number of carbonyl (C=O) groups excluding carboxylic acids is 2. The van der Waals surface area contributed by atoms with E-state index in [2.05, 4.69) is 6.58 Å². The molecule has 0 rings (SSSR count). The molecule has 0 aliphatic rings. The molecule has 0 aliphatic carbocycles. The van der Waals surface area contributed by atoms with Crippen molar-refractivity contribution in [1.82, 2.24) is 0 Å². The Labute approximate surface area is 78.8 Å². The van der Waals surface area contributed by atoms with Crippen molar-refractivity contribution in [2.24, 2.45) is 0 Å².